The van der Waals surface area contributed by atoms with Gasteiger partial charge < -0.3 is 24.6 Å². The molecule has 7 nitrogen and oxygen atoms in total. The second-order valence-electron chi connectivity index (χ2n) is 8.43. The number of carbonyl (C=O) groups is 2. The van der Waals surface area contributed by atoms with Crippen LogP contribution in [0.5, 0.6) is 11.5 Å². The van der Waals surface area contributed by atoms with Crippen molar-refractivity contribution in [1.29, 1.82) is 0 Å². The van der Waals surface area contributed by atoms with E-state index in [9.17, 15) is 19.8 Å². The molecule has 37 heavy (non-hydrogen) atoms. The molecule has 4 aromatic rings. The summed E-state index contributed by atoms with van der Waals surface area (Å²) >= 11 is 0. The SMILES string of the molecule is COc1cc(-c2ccc(N(C)c3ccccc3C(=O)O)c(OC)c2)ccc1Cc1ccccc1C(=O)O. The van der Waals surface area contributed by atoms with Gasteiger partial charge in [-0.05, 0) is 58.7 Å². The number of benzene rings is 4. The van der Waals surface area contributed by atoms with E-state index in [0.717, 1.165) is 16.7 Å². The van der Waals surface area contributed by atoms with Crippen molar-refractivity contribution < 1.29 is 29.3 Å². The molecule has 188 valence electrons. The zero-order valence-corrected chi connectivity index (χ0v) is 20.8. The maximum atomic E-state index is 11.7. The fourth-order valence-corrected chi connectivity index (χ4v) is 4.37. The van der Waals surface area contributed by atoms with Gasteiger partial charge in [-0.3, -0.25) is 0 Å². The summed E-state index contributed by atoms with van der Waals surface area (Å²) in [5, 5.41) is 19.1. The largest absolute Gasteiger partial charge is 0.496 e. The first kappa shape index (κ1) is 25.3. The number of hydrogen-bond acceptors (Lipinski definition) is 5. The Labute approximate surface area is 215 Å². The predicted octanol–water partition coefficient (Wildman–Crippen LogP) is 6.13. The maximum absolute atomic E-state index is 11.7. The van der Waals surface area contributed by atoms with Gasteiger partial charge in [-0.25, -0.2) is 9.59 Å². The number of rotatable bonds is 9. The van der Waals surface area contributed by atoms with Crippen molar-refractivity contribution in [2.75, 3.05) is 26.2 Å². The summed E-state index contributed by atoms with van der Waals surface area (Å²) in [5.74, 6) is -0.739. The van der Waals surface area contributed by atoms with Crippen LogP contribution in [-0.2, 0) is 6.42 Å². The standard InChI is InChI=1S/C30H27NO6/c1-31(25-11-7-6-10-24(25)30(34)35)26-15-14-20(18-28(26)37-3)19-12-13-22(27(17-19)36-2)16-21-8-4-5-9-23(21)29(32)33/h4-15,17-18H,16H2,1-3H3,(H,32,33)(H,34,35). The molecule has 0 fully saturated rings. The summed E-state index contributed by atoms with van der Waals surface area (Å²) in [4.78, 5) is 25.1. The van der Waals surface area contributed by atoms with Crippen molar-refractivity contribution in [3.63, 3.8) is 0 Å². The Hall–Kier alpha value is -4.78. The van der Waals surface area contributed by atoms with E-state index in [-0.39, 0.29) is 11.1 Å². The molecule has 7 heteroatoms. The summed E-state index contributed by atoms with van der Waals surface area (Å²) in [6.45, 7) is 0. The highest BCUT2D eigenvalue weighted by Gasteiger charge is 2.18. The Balaban J connectivity index is 1.68. The monoisotopic (exact) mass is 497 g/mol. The first-order valence-electron chi connectivity index (χ1n) is 11.6. The summed E-state index contributed by atoms with van der Waals surface area (Å²) in [6.07, 6.45) is 0.419. The number of methoxy groups -OCH3 is 2. The van der Waals surface area contributed by atoms with E-state index in [4.69, 9.17) is 9.47 Å². The average Bonchev–Trinajstić information content (AvgIpc) is 2.92. The van der Waals surface area contributed by atoms with Gasteiger partial charge in [-0.1, -0.05) is 48.5 Å². The highest BCUT2D eigenvalue weighted by molar-refractivity contribution is 5.96. The van der Waals surface area contributed by atoms with Gasteiger partial charge in [0, 0.05) is 13.5 Å². The van der Waals surface area contributed by atoms with Gasteiger partial charge in [-0.2, -0.15) is 0 Å². The molecule has 0 unspecified atom stereocenters. The quantitative estimate of drug-likeness (QED) is 0.287. The van der Waals surface area contributed by atoms with Gasteiger partial charge in [-0.15, -0.1) is 0 Å². The number of para-hydroxylation sites is 1. The Bertz CT molecular complexity index is 1460. The summed E-state index contributed by atoms with van der Waals surface area (Å²) in [5.41, 5.74) is 5.08. The number of ether oxygens (including phenoxy) is 2. The highest BCUT2D eigenvalue weighted by Crippen LogP contribution is 2.38. The Morgan fingerprint density at radius 1 is 0.676 bits per heavy atom. The smallest absolute Gasteiger partial charge is 0.337 e. The minimum atomic E-state index is -1.00. The lowest BCUT2D eigenvalue weighted by Crippen LogP contribution is -2.14. The number of carboxylic acid groups (broad SMARTS) is 2. The molecule has 0 saturated carbocycles. The molecule has 0 aliphatic rings. The summed E-state index contributed by atoms with van der Waals surface area (Å²) in [7, 11) is 4.96. The first-order valence-corrected chi connectivity index (χ1v) is 11.6. The van der Waals surface area contributed by atoms with Gasteiger partial charge in [0.1, 0.15) is 11.5 Å². The van der Waals surface area contributed by atoms with Gasteiger partial charge >= 0.3 is 11.9 Å². The second kappa shape index (κ2) is 10.9. The minimum absolute atomic E-state index is 0.195. The number of nitrogens with zero attached hydrogens (tertiary/aromatic N) is 1. The van der Waals surface area contributed by atoms with Crippen LogP contribution in [0.4, 0.5) is 11.4 Å². The highest BCUT2D eigenvalue weighted by atomic mass is 16.5. The average molecular weight is 498 g/mol. The van der Waals surface area contributed by atoms with E-state index in [1.165, 1.54) is 0 Å². The lowest BCUT2D eigenvalue weighted by atomic mass is 9.96. The lowest BCUT2D eigenvalue weighted by molar-refractivity contribution is 0.0686. The van der Waals surface area contributed by atoms with Crippen LogP contribution >= 0.6 is 0 Å². The molecular weight excluding hydrogens is 470 g/mol. The van der Waals surface area contributed by atoms with Crippen molar-refractivity contribution in [3.8, 4) is 22.6 Å². The molecule has 0 bridgehead atoms. The van der Waals surface area contributed by atoms with Gasteiger partial charge in [0.2, 0.25) is 0 Å². The molecule has 0 amide bonds. The predicted molar refractivity (Wildman–Crippen MR) is 143 cm³/mol. The number of aromatic carboxylic acids is 2. The van der Waals surface area contributed by atoms with E-state index in [0.29, 0.717) is 34.9 Å². The van der Waals surface area contributed by atoms with Gasteiger partial charge in [0.25, 0.3) is 0 Å². The summed E-state index contributed by atoms with van der Waals surface area (Å²) < 4.78 is 11.3. The fraction of sp³-hybridized carbons (Fsp3) is 0.133. The topological polar surface area (TPSA) is 96.3 Å². The van der Waals surface area contributed by atoms with Crippen molar-refractivity contribution in [1.82, 2.24) is 0 Å². The van der Waals surface area contributed by atoms with Crippen LogP contribution in [0.25, 0.3) is 11.1 Å². The van der Waals surface area contributed by atoms with Gasteiger partial charge in [0.05, 0.1) is 36.7 Å². The van der Waals surface area contributed by atoms with Gasteiger partial charge in [0.15, 0.2) is 0 Å². The normalized spacial score (nSPS) is 10.6. The molecule has 4 rings (SSSR count). The van der Waals surface area contributed by atoms with Crippen LogP contribution in [0.2, 0.25) is 0 Å². The van der Waals surface area contributed by atoms with Crippen LogP contribution in [0.3, 0.4) is 0 Å². The number of carboxylic acids is 2. The first-order chi connectivity index (χ1) is 17.8. The molecule has 0 saturated heterocycles. The van der Waals surface area contributed by atoms with E-state index in [1.807, 2.05) is 42.5 Å². The fourth-order valence-electron chi connectivity index (χ4n) is 4.37. The Morgan fingerprint density at radius 3 is 1.89 bits per heavy atom. The lowest BCUT2D eigenvalue weighted by Gasteiger charge is -2.24. The van der Waals surface area contributed by atoms with Crippen molar-refractivity contribution in [3.05, 3.63) is 107 Å². The van der Waals surface area contributed by atoms with Crippen molar-refractivity contribution in [2.24, 2.45) is 0 Å². The molecule has 4 aromatic carbocycles. The van der Waals surface area contributed by atoms with Crippen LogP contribution in [0.1, 0.15) is 31.8 Å². The third kappa shape index (κ3) is 5.26. The molecule has 0 spiro atoms. The second-order valence-corrected chi connectivity index (χ2v) is 8.43. The molecular formula is C30H27NO6. The third-order valence-electron chi connectivity index (χ3n) is 6.29. The molecule has 0 aliphatic carbocycles. The molecule has 0 atom stereocenters. The zero-order chi connectivity index (χ0) is 26.5. The molecule has 0 aliphatic heterocycles. The van der Waals surface area contributed by atoms with Crippen molar-refractivity contribution in [2.45, 2.75) is 6.42 Å². The van der Waals surface area contributed by atoms with Crippen molar-refractivity contribution >= 4 is 23.3 Å². The van der Waals surface area contributed by atoms with Crippen LogP contribution < -0.4 is 14.4 Å². The van der Waals surface area contributed by atoms with Crippen LogP contribution in [0, 0.1) is 0 Å². The number of hydrogen-bond donors (Lipinski definition) is 2. The zero-order valence-electron chi connectivity index (χ0n) is 20.8. The van der Waals surface area contributed by atoms with E-state index in [2.05, 4.69) is 0 Å². The molecule has 0 heterocycles. The third-order valence-corrected chi connectivity index (χ3v) is 6.29. The summed E-state index contributed by atoms with van der Waals surface area (Å²) in [6, 6.07) is 25.3. The molecule has 2 N–H and O–H groups in total. The van der Waals surface area contributed by atoms with E-state index >= 15 is 0 Å². The number of anilines is 2. The Morgan fingerprint density at radius 2 is 1.24 bits per heavy atom. The maximum Gasteiger partial charge on any atom is 0.337 e. The van der Waals surface area contributed by atoms with E-state index in [1.54, 1.807) is 68.6 Å². The minimum Gasteiger partial charge on any atom is -0.496 e. The Kier molecular flexibility index (Phi) is 7.44. The van der Waals surface area contributed by atoms with Crippen LogP contribution in [0.15, 0.2) is 84.9 Å². The van der Waals surface area contributed by atoms with Crippen LogP contribution in [-0.4, -0.2) is 43.4 Å². The molecule has 0 aromatic heterocycles. The molecule has 0 radical (unpaired) electrons. The van der Waals surface area contributed by atoms with E-state index < -0.39 is 11.9 Å².